The first-order valence-electron chi connectivity index (χ1n) is 6.31. The van der Waals surface area contributed by atoms with E-state index >= 15 is 0 Å². The number of aryl methyl sites for hydroxylation is 1. The first kappa shape index (κ1) is 14.9. The minimum atomic E-state index is -3.76. The molecular weight excluding hydrogens is 285 g/mol. The number of carboxylic acid groups (broad SMARTS) is 1. The standard InChI is InChI=1S/C13H16FNO4S/c1-9-7-11(4-5-12(9)14)20(18,19)15-6-2-3-10(8-15)13(16)17/h4-5,7,10H,2-3,6,8H2,1H3,(H,16,17)/t10-/m1/s1. The zero-order chi connectivity index (χ0) is 14.9. The molecule has 1 N–H and O–H groups in total. The summed E-state index contributed by atoms with van der Waals surface area (Å²) in [6.07, 6.45) is 0.986. The molecule has 1 saturated heterocycles. The normalized spacial score (nSPS) is 20.8. The Bertz CT molecular complexity index is 629. The Labute approximate surface area is 117 Å². The first-order chi connectivity index (χ1) is 9.32. The molecule has 1 aliphatic rings. The highest BCUT2D eigenvalue weighted by Crippen LogP contribution is 2.24. The number of nitrogens with zero attached hydrogens (tertiary/aromatic N) is 1. The van der Waals surface area contributed by atoms with Crippen LogP contribution in [0, 0.1) is 18.7 Å². The van der Waals surface area contributed by atoms with Crippen LogP contribution in [-0.2, 0) is 14.8 Å². The average Bonchev–Trinajstić information content (AvgIpc) is 2.42. The number of piperidine rings is 1. The van der Waals surface area contributed by atoms with Crippen LogP contribution in [0.1, 0.15) is 18.4 Å². The highest BCUT2D eigenvalue weighted by atomic mass is 32.2. The number of hydrogen-bond acceptors (Lipinski definition) is 3. The molecule has 0 unspecified atom stereocenters. The summed E-state index contributed by atoms with van der Waals surface area (Å²) in [4.78, 5) is 11.0. The van der Waals surface area contributed by atoms with Crippen molar-refractivity contribution in [1.82, 2.24) is 4.31 Å². The van der Waals surface area contributed by atoms with E-state index in [1.807, 2.05) is 0 Å². The number of halogens is 1. The summed E-state index contributed by atoms with van der Waals surface area (Å²) >= 11 is 0. The molecule has 0 bridgehead atoms. The number of aliphatic carboxylic acids is 1. The molecule has 2 rings (SSSR count). The fraction of sp³-hybridized carbons (Fsp3) is 0.462. The largest absolute Gasteiger partial charge is 0.481 e. The Hall–Kier alpha value is -1.47. The van der Waals surface area contributed by atoms with Crippen molar-refractivity contribution in [2.24, 2.45) is 5.92 Å². The number of sulfonamides is 1. The lowest BCUT2D eigenvalue weighted by Gasteiger charge is -2.29. The van der Waals surface area contributed by atoms with Crippen LogP contribution in [0.3, 0.4) is 0 Å². The van der Waals surface area contributed by atoms with Gasteiger partial charge in [-0.25, -0.2) is 12.8 Å². The van der Waals surface area contributed by atoms with E-state index in [1.54, 1.807) is 0 Å². The van der Waals surface area contributed by atoms with Crippen LogP contribution >= 0.6 is 0 Å². The van der Waals surface area contributed by atoms with Crippen molar-refractivity contribution in [2.75, 3.05) is 13.1 Å². The molecule has 1 heterocycles. The Morgan fingerprint density at radius 2 is 2.15 bits per heavy atom. The fourth-order valence-corrected chi connectivity index (χ4v) is 3.90. The van der Waals surface area contributed by atoms with E-state index in [9.17, 15) is 17.6 Å². The highest BCUT2D eigenvalue weighted by Gasteiger charge is 2.33. The van der Waals surface area contributed by atoms with Gasteiger partial charge in [-0.1, -0.05) is 0 Å². The number of hydrogen-bond donors (Lipinski definition) is 1. The third-order valence-corrected chi connectivity index (χ3v) is 5.36. The zero-order valence-corrected chi connectivity index (χ0v) is 11.9. The van der Waals surface area contributed by atoms with E-state index in [-0.39, 0.29) is 17.0 Å². The quantitative estimate of drug-likeness (QED) is 0.920. The third kappa shape index (κ3) is 2.83. The summed E-state index contributed by atoms with van der Waals surface area (Å²) in [6, 6.07) is 3.60. The molecule has 0 spiro atoms. The Balaban J connectivity index is 2.29. The maximum Gasteiger partial charge on any atom is 0.307 e. The minimum absolute atomic E-state index is 0.00226. The topological polar surface area (TPSA) is 74.7 Å². The van der Waals surface area contributed by atoms with Crippen LogP contribution in [0.4, 0.5) is 4.39 Å². The predicted molar refractivity (Wildman–Crippen MR) is 70.3 cm³/mol. The lowest BCUT2D eigenvalue weighted by molar-refractivity contribution is -0.142. The van der Waals surface area contributed by atoms with Crippen LogP contribution in [-0.4, -0.2) is 36.9 Å². The van der Waals surface area contributed by atoms with E-state index in [4.69, 9.17) is 5.11 Å². The molecule has 1 aromatic carbocycles. The molecule has 0 saturated carbocycles. The molecule has 1 aromatic rings. The van der Waals surface area contributed by atoms with Gasteiger partial charge in [0.05, 0.1) is 10.8 Å². The summed E-state index contributed by atoms with van der Waals surface area (Å²) in [7, 11) is -3.76. The molecule has 1 aliphatic heterocycles. The molecule has 5 nitrogen and oxygen atoms in total. The van der Waals surface area contributed by atoms with Gasteiger partial charge in [-0.3, -0.25) is 4.79 Å². The maximum absolute atomic E-state index is 13.2. The van der Waals surface area contributed by atoms with Crippen molar-refractivity contribution in [1.29, 1.82) is 0 Å². The Morgan fingerprint density at radius 3 is 2.75 bits per heavy atom. The summed E-state index contributed by atoms with van der Waals surface area (Å²) < 4.78 is 39.2. The monoisotopic (exact) mass is 301 g/mol. The van der Waals surface area contributed by atoms with E-state index in [1.165, 1.54) is 23.4 Å². The van der Waals surface area contributed by atoms with Crippen molar-refractivity contribution in [3.63, 3.8) is 0 Å². The van der Waals surface area contributed by atoms with Gasteiger partial charge in [0.15, 0.2) is 0 Å². The Morgan fingerprint density at radius 1 is 1.45 bits per heavy atom. The van der Waals surface area contributed by atoms with Crippen LogP contribution < -0.4 is 0 Å². The van der Waals surface area contributed by atoms with Crippen LogP contribution in [0.25, 0.3) is 0 Å². The first-order valence-corrected chi connectivity index (χ1v) is 7.75. The van der Waals surface area contributed by atoms with Gasteiger partial charge in [-0.05, 0) is 43.5 Å². The van der Waals surface area contributed by atoms with E-state index in [0.29, 0.717) is 19.4 Å². The summed E-state index contributed by atoms with van der Waals surface area (Å²) in [5.41, 5.74) is 0.248. The molecule has 110 valence electrons. The molecule has 1 atom stereocenters. The average molecular weight is 301 g/mol. The summed E-state index contributed by atoms with van der Waals surface area (Å²) in [5, 5.41) is 9.00. The molecule has 7 heteroatoms. The van der Waals surface area contributed by atoms with Crippen molar-refractivity contribution < 1.29 is 22.7 Å². The summed E-state index contributed by atoms with van der Waals surface area (Å²) in [5.74, 6) is -2.13. The SMILES string of the molecule is Cc1cc(S(=O)(=O)N2CCC[C@@H](C(=O)O)C2)ccc1F. The molecule has 0 radical (unpaired) electrons. The molecule has 20 heavy (non-hydrogen) atoms. The van der Waals surface area contributed by atoms with Gasteiger partial charge < -0.3 is 5.11 Å². The lowest BCUT2D eigenvalue weighted by atomic mass is 10.0. The van der Waals surface area contributed by atoms with Crippen LogP contribution in [0.15, 0.2) is 23.1 Å². The number of carbonyl (C=O) groups is 1. The van der Waals surface area contributed by atoms with Crippen molar-refractivity contribution in [2.45, 2.75) is 24.7 Å². The highest BCUT2D eigenvalue weighted by molar-refractivity contribution is 7.89. The van der Waals surface area contributed by atoms with Gasteiger partial charge in [-0.15, -0.1) is 0 Å². The summed E-state index contributed by atoms with van der Waals surface area (Å²) in [6.45, 7) is 1.75. The molecule has 0 aromatic heterocycles. The van der Waals surface area contributed by atoms with Crippen molar-refractivity contribution >= 4 is 16.0 Å². The molecule has 1 fully saturated rings. The fourth-order valence-electron chi connectivity index (χ4n) is 2.29. The number of carboxylic acids is 1. The second-order valence-electron chi connectivity index (χ2n) is 4.95. The van der Waals surface area contributed by atoms with Gasteiger partial charge in [-0.2, -0.15) is 4.31 Å². The van der Waals surface area contributed by atoms with E-state index in [2.05, 4.69) is 0 Å². The molecular formula is C13H16FNO4S. The predicted octanol–water partition coefficient (Wildman–Crippen LogP) is 1.62. The smallest absolute Gasteiger partial charge is 0.307 e. The molecule has 0 aliphatic carbocycles. The van der Waals surface area contributed by atoms with Crippen molar-refractivity contribution in [3.05, 3.63) is 29.6 Å². The van der Waals surface area contributed by atoms with Gasteiger partial charge in [0.1, 0.15) is 5.82 Å². The van der Waals surface area contributed by atoms with Crippen LogP contribution in [0.2, 0.25) is 0 Å². The minimum Gasteiger partial charge on any atom is -0.481 e. The van der Waals surface area contributed by atoms with Gasteiger partial charge in [0.2, 0.25) is 10.0 Å². The van der Waals surface area contributed by atoms with Gasteiger partial charge in [0, 0.05) is 13.1 Å². The number of benzene rings is 1. The van der Waals surface area contributed by atoms with Gasteiger partial charge >= 0.3 is 5.97 Å². The zero-order valence-electron chi connectivity index (χ0n) is 11.0. The van der Waals surface area contributed by atoms with E-state index in [0.717, 1.165) is 6.07 Å². The number of rotatable bonds is 3. The maximum atomic E-state index is 13.2. The van der Waals surface area contributed by atoms with E-state index < -0.39 is 27.7 Å². The van der Waals surface area contributed by atoms with Crippen molar-refractivity contribution in [3.8, 4) is 0 Å². The molecule has 0 amide bonds. The Kier molecular flexibility index (Phi) is 4.10. The van der Waals surface area contributed by atoms with Gasteiger partial charge in [0.25, 0.3) is 0 Å². The second-order valence-corrected chi connectivity index (χ2v) is 6.89. The third-order valence-electron chi connectivity index (χ3n) is 3.50. The van der Waals surface area contributed by atoms with Crippen LogP contribution in [0.5, 0.6) is 0 Å². The lowest BCUT2D eigenvalue weighted by Crippen LogP contribution is -2.42. The second kappa shape index (κ2) is 5.49.